The summed E-state index contributed by atoms with van der Waals surface area (Å²) in [6.45, 7) is 0. The lowest BCUT2D eigenvalue weighted by atomic mass is 10.2. The number of halogens is 2. The van der Waals surface area contributed by atoms with E-state index < -0.39 is 34.4 Å². The first-order valence-corrected chi connectivity index (χ1v) is 13.0. The van der Waals surface area contributed by atoms with Gasteiger partial charge in [-0.3, -0.25) is 24.1 Å². The largest absolute Gasteiger partial charge is 0.507 e. The van der Waals surface area contributed by atoms with Gasteiger partial charge in [-0.15, -0.1) is 11.3 Å². The lowest BCUT2D eigenvalue weighted by Crippen LogP contribution is -2.28. The molecule has 6 aromatic rings. The lowest BCUT2D eigenvalue weighted by molar-refractivity contribution is 0.102. The number of hydrogen-bond donors (Lipinski definition) is 2. The molecule has 0 saturated heterocycles. The van der Waals surface area contributed by atoms with Crippen LogP contribution in [0, 0.1) is 11.6 Å². The van der Waals surface area contributed by atoms with Gasteiger partial charge in [-0.25, -0.2) is 8.78 Å². The van der Waals surface area contributed by atoms with Gasteiger partial charge in [0.25, 0.3) is 11.5 Å². The number of aromatic nitrogens is 3. The number of amides is 1. The zero-order chi connectivity index (χ0) is 28.5. The van der Waals surface area contributed by atoms with Gasteiger partial charge in [-0.1, -0.05) is 6.07 Å². The van der Waals surface area contributed by atoms with Crippen molar-refractivity contribution in [2.75, 3.05) is 5.32 Å². The van der Waals surface area contributed by atoms with Crippen LogP contribution in [0.2, 0.25) is 0 Å². The molecule has 0 radical (unpaired) electrons. The Kier molecular flexibility index (Phi) is 6.70. The van der Waals surface area contributed by atoms with Gasteiger partial charge < -0.3 is 15.2 Å². The van der Waals surface area contributed by atoms with Crippen molar-refractivity contribution < 1.29 is 23.4 Å². The number of pyridine rings is 3. The molecule has 8 nitrogen and oxygen atoms in total. The molecule has 0 spiro atoms. The van der Waals surface area contributed by atoms with E-state index >= 15 is 4.39 Å². The van der Waals surface area contributed by atoms with Crippen LogP contribution in [0.4, 0.5) is 14.5 Å². The van der Waals surface area contributed by atoms with Crippen LogP contribution < -0.4 is 15.6 Å². The Hall–Kier alpha value is -5.42. The first kappa shape index (κ1) is 25.8. The molecule has 4 aromatic heterocycles. The van der Waals surface area contributed by atoms with Crippen molar-refractivity contribution in [3.05, 3.63) is 125 Å². The van der Waals surface area contributed by atoms with Gasteiger partial charge in [-0.2, -0.15) is 0 Å². The molecule has 41 heavy (non-hydrogen) atoms. The normalized spacial score (nSPS) is 11.0. The average Bonchev–Trinajstić information content (AvgIpc) is 3.41. The second kappa shape index (κ2) is 10.6. The molecule has 0 bridgehead atoms. The van der Waals surface area contributed by atoms with Gasteiger partial charge in [0.15, 0.2) is 11.6 Å². The molecule has 0 aliphatic rings. The molecule has 0 fully saturated rings. The Morgan fingerprint density at radius 2 is 1.76 bits per heavy atom. The quantitative estimate of drug-likeness (QED) is 0.236. The van der Waals surface area contributed by atoms with Crippen LogP contribution in [-0.4, -0.2) is 25.5 Å². The third-order valence-electron chi connectivity index (χ3n) is 6.10. The minimum atomic E-state index is -0.950. The van der Waals surface area contributed by atoms with Crippen LogP contribution in [0.15, 0.2) is 102 Å². The minimum Gasteiger partial charge on any atom is -0.507 e. The molecule has 2 aromatic carbocycles. The highest BCUT2D eigenvalue weighted by Gasteiger charge is 2.20. The summed E-state index contributed by atoms with van der Waals surface area (Å²) in [7, 11) is 0. The molecular weight excluding hydrogens is 550 g/mol. The van der Waals surface area contributed by atoms with E-state index in [1.807, 2.05) is 24.3 Å². The van der Waals surface area contributed by atoms with Gasteiger partial charge in [0, 0.05) is 42.1 Å². The Balaban J connectivity index is 1.24. The van der Waals surface area contributed by atoms with Gasteiger partial charge in [0.2, 0.25) is 0 Å². The number of fused-ring (bicyclic) bond motifs is 1. The molecule has 0 unspecified atom stereocenters. The third-order valence-corrected chi connectivity index (χ3v) is 7.27. The summed E-state index contributed by atoms with van der Waals surface area (Å²) in [5, 5.41) is 12.7. The first-order chi connectivity index (χ1) is 19.9. The minimum absolute atomic E-state index is 0.0317. The van der Waals surface area contributed by atoms with Crippen LogP contribution in [0.1, 0.15) is 10.4 Å². The van der Waals surface area contributed by atoms with Crippen molar-refractivity contribution in [3.8, 4) is 33.5 Å². The van der Waals surface area contributed by atoms with Crippen molar-refractivity contribution in [1.82, 2.24) is 14.5 Å². The number of nitrogens with zero attached hydrogens (tertiary/aromatic N) is 3. The maximum Gasteiger partial charge on any atom is 0.271 e. The summed E-state index contributed by atoms with van der Waals surface area (Å²) >= 11 is 1.41. The third kappa shape index (κ3) is 5.13. The maximum atomic E-state index is 15.1. The Bertz CT molecular complexity index is 1980. The predicted octanol–water partition coefficient (Wildman–Crippen LogP) is 6.54. The Morgan fingerprint density at radius 1 is 0.927 bits per heavy atom. The number of rotatable bonds is 6. The zero-order valence-corrected chi connectivity index (χ0v) is 21.7. The van der Waals surface area contributed by atoms with Crippen LogP contribution in [-0.2, 0) is 0 Å². The van der Waals surface area contributed by atoms with Gasteiger partial charge in [-0.05, 0) is 60.7 Å². The fraction of sp³-hybridized carbons (Fsp3) is 0. The lowest BCUT2D eigenvalue weighted by Gasteiger charge is -2.12. The van der Waals surface area contributed by atoms with E-state index in [1.165, 1.54) is 41.8 Å². The second-order valence-electron chi connectivity index (χ2n) is 8.78. The van der Waals surface area contributed by atoms with Crippen LogP contribution >= 0.6 is 11.3 Å². The van der Waals surface area contributed by atoms with Crippen LogP contribution in [0.3, 0.4) is 0 Å². The molecule has 202 valence electrons. The molecule has 11 heteroatoms. The molecule has 1 amide bonds. The highest BCUT2D eigenvalue weighted by atomic mass is 32.1. The zero-order valence-electron chi connectivity index (χ0n) is 20.9. The van der Waals surface area contributed by atoms with Crippen molar-refractivity contribution >= 4 is 33.1 Å². The van der Waals surface area contributed by atoms with E-state index in [1.54, 1.807) is 18.5 Å². The number of carbonyl (C=O) groups is 1. The number of anilines is 1. The van der Waals surface area contributed by atoms with Crippen molar-refractivity contribution in [2.24, 2.45) is 0 Å². The van der Waals surface area contributed by atoms with Crippen molar-refractivity contribution in [1.29, 1.82) is 0 Å². The summed E-state index contributed by atoms with van der Waals surface area (Å²) < 4.78 is 36.1. The number of ether oxygens (including phenoxy) is 1. The van der Waals surface area contributed by atoms with Gasteiger partial charge in [0.1, 0.15) is 22.9 Å². The van der Waals surface area contributed by atoms with Gasteiger partial charge in [0.05, 0.1) is 20.8 Å². The van der Waals surface area contributed by atoms with Crippen molar-refractivity contribution in [3.63, 3.8) is 0 Å². The number of hydrogen-bond acceptors (Lipinski definition) is 7. The van der Waals surface area contributed by atoms with Crippen LogP contribution in [0.25, 0.3) is 26.5 Å². The van der Waals surface area contributed by atoms with E-state index in [0.717, 1.165) is 39.4 Å². The highest BCUT2D eigenvalue weighted by molar-refractivity contribution is 7.22. The molecule has 0 aliphatic carbocycles. The fourth-order valence-electron chi connectivity index (χ4n) is 4.15. The molecule has 2 N–H and O–H groups in total. The second-order valence-corrected chi connectivity index (χ2v) is 9.83. The SMILES string of the molecule is O=C(Nc1ccc(Oc2ccnc3cc(-c4ccccn4)sc23)c(F)c1)c1c(O)ccn(-c2ccc(F)cc2)c1=O. The highest BCUT2D eigenvalue weighted by Crippen LogP contribution is 2.39. The summed E-state index contributed by atoms with van der Waals surface area (Å²) in [4.78, 5) is 35.5. The maximum absolute atomic E-state index is 15.1. The fourth-order valence-corrected chi connectivity index (χ4v) is 5.19. The average molecular weight is 569 g/mol. The number of nitrogens with one attached hydrogen (secondary N) is 1. The number of aromatic hydroxyl groups is 1. The monoisotopic (exact) mass is 568 g/mol. The molecule has 4 heterocycles. The van der Waals surface area contributed by atoms with E-state index in [-0.39, 0.29) is 11.4 Å². The molecule has 0 saturated carbocycles. The van der Waals surface area contributed by atoms with E-state index in [9.17, 15) is 19.1 Å². The first-order valence-electron chi connectivity index (χ1n) is 12.2. The molecule has 0 atom stereocenters. The molecule has 0 aliphatic heterocycles. The summed E-state index contributed by atoms with van der Waals surface area (Å²) in [5.74, 6) is -2.47. The van der Waals surface area contributed by atoms with E-state index in [2.05, 4.69) is 15.3 Å². The Morgan fingerprint density at radius 3 is 2.51 bits per heavy atom. The topological polar surface area (TPSA) is 106 Å². The van der Waals surface area contributed by atoms with E-state index in [0.29, 0.717) is 21.7 Å². The smallest absolute Gasteiger partial charge is 0.271 e. The Labute approximate surface area is 234 Å². The standard InChI is InChI=1S/C30H18F2N4O4S/c31-17-4-7-19(8-5-17)36-14-11-23(37)27(30(36)39)29(38)35-18-6-9-24(20(32)15-18)40-25-10-13-34-22-16-26(41-28(22)25)21-3-1-2-12-33-21/h1-16,37H,(H,35,38). The molecular formula is C30H18F2N4O4S. The predicted molar refractivity (Wildman–Crippen MR) is 151 cm³/mol. The summed E-state index contributed by atoms with van der Waals surface area (Å²) in [6.07, 6.45) is 4.52. The number of thiophene rings is 1. The van der Waals surface area contributed by atoms with Crippen LogP contribution in [0.5, 0.6) is 17.2 Å². The number of carbonyl (C=O) groups excluding carboxylic acids is 1. The summed E-state index contributed by atoms with van der Waals surface area (Å²) in [5.41, 5.74) is 0.383. The molecule has 6 rings (SSSR count). The number of benzene rings is 2. The van der Waals surface area contributed by atoms with Crippen molar-refractivity contribution in [2.45, 2.75) is 0 Å². The van der Waals surface area contributed by atoms with E-state index in [4.69, 9.17) is 4.74 Å². The summed E-state index contributed by atoms with van der Waals surface area (Å²) in [6, 6.07) is 19.1. The van der Waals surface area contributed by atoms with Gasteiger partial charge >= 0.3 is 0 Å².